The van der Waals surface area contributed by atoms with Crippen molar-refractivity contribution >= 4 is 34.3 Å². The molecule has 0 unspecified atom stereocenters. The zero-order valence-corrected chi connectivity index (χ0v) is 26.9. The second-order valence-electron chi connectivity index (χ2n) is 11.4. The van der Waals surface area contributed by atoms with Crippen molar-refractivity contribution in [1.82, 2.24) is 10.2 Å². The molecule has 228 valence electrons. The first-order valence-corrected chi connectivity index (χ1v) is 15.7. The number of nitrogens with one attached hydrogen (secondary N) is 1. The maximum absolute atomic E-state index is 6.22. The molecule has 6 aromatic rings. The third-order valence-corrected chi connectivity index (χ3v) is 8.79. The number of hydrogen-bond donors (Lipinski definition) is 1. The molecular weight excluding hydrogens is 564 g/mol. The Labute approximate surface area is 267 Å². The van der Waals surface area contributed by atoms with E-state index in [4.69, 9.17) is 8.83 Å². The van der Waals surface area contributed by atoms with Crippen molar-refractivity contribution in [2.24, 2.45) is 0 Å². The van der Waals surface area contributed by atoms with Crippen LogP contribution in [-0.2, 0) is 0 Å². The summed E-state index contributed by atoms with van der Waals surface area (Å²) in [6, 6.07) is 38.5. The second kappa shape index (κ2) is 14.3. The van der Waals surface area contributed by atoms with Gasteiger partial charge in [-0.05, 0) is 48.2 Å². The largest absolute Gasteiger partial charge is 0.460 e. The molecule has 0 amide bonds. The van der Waals surface area contributed by atoms with Gasteiger partial charge in [0.15, 0.2) is 0 Å². The Hall–Kier alpha value is -3.83. The fourth-order valence-corrected chi connectivity index (χ4v) is 6.41. The highest BCUT2D eigenvalue weighted by Crippen LogP contribution is 2.41. The number of aryl methyl sites for hydroxylation is 2. The Balaban J connectivity index is 0.000000190. The molecule has 0 spiro atoms. The van der Waals surface area contributed by atoms with Crippen LogP contribution in [0.1, 0.15) is 65.5 Å². The van der Waals surface area contributed by atoms with Gasteiger partial charge in [-0.25, -0.2) is 0 Å². The number of hydrogen-bond acceptors (Lipinski definition) is 4. The summed E-state index contributed by atoms with van der Waals surface area (Å²) in [4.78, 5) is 2.56. The van der Waals surface area contributed by atoms with Crippen LogP contribution in [0.4, 0.5) is 0 Å². The third kappa shape index (κ3) is 6.21. The Morgan fingerprint density at radius 1 is 0.591 bits per heavy atom. The third-order valence-electron chi connectivity index (χ3n) is 8.79. The average molecular weight is 607 g/mol. The molecule has 2 aliphatic heterocycles. The van der Waals surface area contributed by atoms with Crippen molar-refractivity contribution in [2.75, 3.05) is 26.2 Å². The van der Waals surface area contributed by atoms with E-state index >= 15 is 0 Å². The van der Waals surface area contributed by atoms with Gasteiger partial charge in [0, 0.05) is 48.8 Å². The standard InChI is InChI=1S/C25H23NO.C12H13NO.C2H6.ClH/c1-18-22-14-8-9-15-23(22)27-25(18)21-16-26(17-21)24(19-10-4-2-5-11-19)20-12-6-3-7-13-20;1-8-10-4-2-3-5-11(10)14-12(8)9-6-13-7-9;1-2;/h2-15,21,24H,16-17H2,1H3;2-5,9,13H,6-7H2,1H3;1-2H3;1H. The van der Waals surface area contributed by atoms with E-state index in [-0.39, 0.29) is 12.4 Å². The van der Waals surface area contributed by atoms with Gasteiger partial charge in [-0.3, -0.25) is 4.90 Å². The van der Waals surface area contributed by atoms with Crippen LogP contribution in [0.15, 0.2) is 118 Å². The van der Waals surface area contributed by atoms with Gasteiger partial charge in [0.25, 0.3) is 0 Å². The predicted molar refractivity (Wildman–Crippen MR) is 185 cm³/mol. The summed E-state index contributed by atoms with van der Waals surface area (Å²) in [6.45, 7) is 12.5. The Kier molecular flexibility index (Phi) is 10.3. The molecule has 44 heavy (non-hydrogen) atoms. The topological polar surface area (TPSA) is 41.6 Å². The molecule has 0 radical (unpaired) electrons. The molecule has 2 aliphatic rings. The van der Waals surface area contributed by atoms with E-state index < -0.39 is 0 Å². The first-order valence-electron chi connectivity index (χ1n) is 15.7. The molecule has 0 aliphatic carbocycles. The van der Waals surface area contributed by atoms with Crippen molar-refractivity contribution in [3.8, 4) is 0 Å². The summed E-state index contributed by atoms with van der Waals surface area (Å²) in [5, 5.41) is 5.77. The molecule has 1 N–H and O–H groups in total. The van der Waals surface area contributed by atoms with E-state index in [2.05, 4.69) is 115 Å². The number of nitrogens with zero attached hydrogens (tertiary/aromatic N) is 1. The minimum absolute atomic E-state index is 0. The molecule has 0 saturated carbocycles. The number of likely N-dealkylation sites (tertiary alicyclic amines) is 1. The Morgan fingerprint density at radius 2 is 1.00 bits per heavy atom. The minimum atomic E-state index is 0. The van der Waals surface area contributed by atoms with E-state index in [0.29, 0.717) is 17.9 Å². The molecule has 2 aromatic heterocycles. The van der Waals surface area contributed by atoms with Crippen LogP contribution in [0.5, 0.6) is 0 Å². The lowest BCUT2D eigenvalue weighted by Gasteiger charge is -2.44. The quantitative estimate of drug-likeness (QED) is 0.212. The molecule has 0 bridgehead atoms. The van der Waals surface area contributed by atoms with Crippen LogP contribution >= 0.6 is 12.4 Å². The van der Waals surface area contributed by atoms with Crippen molar-refractivity contribution in [3.63, 3.8) is 0 Å². The smallest absolute Gasteiger partial charge is 0.134 e. The SMILES string of the molecule is CC.Cc1c(C2CN(C(c3ccccc3)c3ccccc3)C2)oc2ccccc12.Cc1c(C2CNC2)oc2ccccc12.Cl. The Morgan fingerprint density at radius 3 is 1.41 bits per heavy atom. The van der Waals surface area contributed by atoms with Gasteiger partial charge in [0.05, 0.1) is 6.04 Å². The summed E-state index contributed by atoms with van der Waals surface area (Å²) in [5.74, 6) is 3.38. The van der Waals surface area contributed by atoms with Gasteiger partial charge < -0.3 is 14.2 Å². The second-order valence-corrected chi connectivity index (χ2v) is 11.4. The molecule has 0 atom stereocenters. The van der Waals surface area contributed by atoms with Crippen LogP contribution < -0.4 is 5.32 Å². The first kappa shape index (κ1) is 31.6. The van der Waals surface area contributed by atoms with Crippen molar-refractivity contribution < 1.29 is 8.83 Å². The summed E-state index contributed by atoms with van der Waals surface area (Å²) in [6.07, 6.45) is 0. The lowest BCUT2D eigenvalue weighted by Crippen LogP contribution is -2.47. The van der Waals surface area contributed by atoms with E-state index in [1.165, 1.54) is 38.8 Å². The van der Waals surface area contributed by atoms with Crippen LogP contribution in [0.2, 0.25) is 0 Å². The summed E-state index contributed by atoms with van der Waals surface area (Å²) >= 11 is 0. The van der Waals surface area contributed by atoms with Gasteiger partial charge in [-0.1, -0.05) is 111 Å². The summed E-state index contributed by atoms with van der Waals surface area (Å²) in [5.41, 5.74) is 7.34. The van der Waals surface area contributed by atoms with E-state index in [9.17, 15) is 0 Å². The molecule has 2 fully saturated rings. The molecule has 4 heterocycles. The number of rotatable bonds is 5. The van der Waals surface area contributed by atoms with Crippen molar-refractivity contribution in [1.29, 1.82) is 0 Å². The molecular formula is C39H43ClN2O2. The fourth-order valence-electron chi connectivity index (χ4n) is 6.41. The van der Waals surface area contributed by atoms with E-state index in [1.54, 1.807) is 0 Å². The van der Waals surface area contributed by atoms with E-state index in [0.717, 1.165) is 43.1 Å². The Bertz CT molecular complexity index is 1730. The van der Waals surface area contributed by atoms with E-state index in [1.807, 2.05) is 32.0 Å². The van der Waals surface area contributed by atoms with Crippen molar-refractivity contribution in [2.45, 2.75) is 45.6 Å². The predicted octanol–water partition coefficient (Wildman–Crippen LogP) is 9.81. The molecule has 4 nitrogen and oxygen atoms in total. The number of para-hydroxylation sites is 2. The highest BCUT2D eigenvalue weighted by molar-refractivity contribution is 5.85. The fraction of sp³-hybridized carbons (Fsp3) is 0.282. The molecule has 5 heteroatoms. The normalized spacial score (nSPS) is 15.0. The van der Waals surface area contributed by atoms with Crippen LogP contribution in [-0.4, -0.2) is 31.1 Å². The first-order chi connectivity index (χ1) is 21.2. The van der Waals surface area contributed by atoms with Gasteiger partial charge in [-0.2, -0.15) is 0 Å². The molecule has 2 saturated heterocycles. The van der Waals surface area contributed by atoms with Gasteiger partial charge in [0.2, 0.25) is 0 Å². The van der Waals surface area contributed by atoms with Crippen LogP contribution in [0.25, 0.3) is 21.9 Å². The minimum Gasteiger partial charge on any atom is -0.460 e. The maximum Gasteiger partial charge on any atom is 0.134 e. The van der Waals surface area contributed by atoms with Gasteiger partial charge >= 0.3 is 0 Å². The number of halogens is 1. The monoisotopic (exact) mass is 606 g/mol. The zero-order valence-electron chi connectivity index (χ0n) is 26.1. The molecule has 4 aromatic carbocycles. The van der Waals surface area contributed by atoms with Crippen LogP contribution in [0, 0.1) is 13.8 Å². The highest BCUT2D eigenvalue weighted by Gasteiger charge is 2.37. The van der Waals surface area contributed by atoms with Crippen molar-refractivity contribution in [3.05, 3.63) is 143 Å². The number of fused-ring (bicyclic) bond motifs is 2. The van der Waals surface area contributed by atoms with Gasteiger partial charge in [0.1, 0.15) is 22.7 Å². The summed E-state index contributed by atoms with van der Waals surface area (Å²) < 4.78 is 12.1. The maximum atomic E-state index is 6.22. The number of furan rings is 2. The summed E-state index contributed by atoms with van der Waals surface area (Å²) in [7, 11) is 0. The average Bonchev–Trinajstić information content (AvgIpc) is 3.52. The molecule has 8 rings (SSSR count). The lowest BCUT2D eigenvalue weighted by molar-refractivity contribution is 0.1000. The lowest BCUT2D eigenvalue weighted by atomic mass is 9.88. The van der Waals surface area contributed by atoms with Gasteiger partial charge in [-0.15, -0.1) is 12.4 Å². The zero-order chi connectivity index (χ0) is 29.8. The van der Waals surface area contributed by atoms with Crippen LogP contribution in [0.3, 0.4) is 0 Å². The highest BCUT2D eigenvalue weighted by atomic mass is 35.5. The number of benzene rings is 4.